The molecule has 4 nitrogen and oxygen atoms in total. The summed E-state index contributed by atoms with van der Waals surface area (Å²) in [6, 6.07) is 5.41. The lowest BCUT2D eigenvalue weighted by Gasteiger charge is -2.37. The lowest BCUT2D eigenvalue weighted by atomic mass is 10.1. The smallest absolute Gasteiger partial charge is 0.319 e. The fourth-order valence-corrected chi connectivity index (χ4v) is 2.37. The summed E-state index contributed by atoms with van der Waals surface area (Å²) in [5, 5.41) is 7.09. The van der Waals surface area contributed by atoms with Crippen LogP contribution in [-0.2, 0) is 0 Å². The number of piperazine rings is 1. The van der Waals surface area contributed by atoms with Crippen molar-refractivity contribution in [2.24, 2.45) is 0 Å². The minimum atomic E-state index is -0.112. The number of carbonyl (C=O) groups is 1. The molecule has 0 aliphatic carbocycles. The first-order valence-electron chi connectivity index (χ1n) is 6.23. The first-order valence-corrected chi connectivity index (χ1v) is 6.99. The Balaban J connectivity index is 2.05. The first kappa shape index (κ1) is 14.4. The van der Waals surface area contributed by atoms with Crippen molar-refractivity contribution in [3.63, 3.8) is 0 Å². The van der Waals surface area contributed by atoms with E-state index in [0.717, 1.165) is 6.54 Å². The number of rotatable bonds is 1. The lowest BCUT2D eigenvalue weighted by molar-refractivity contribution is 0.162. The number of anilines is 1. The molecule has 1 heterocycles. The van der Waals surface area contributed by atoms with E-state index in [1.807, 2.05) is 11.8 Å². The number of benzene rings is 1. The van der Waals surface area contributed by atoms with Crippen molar-refractivity contribution >= 4 is 34.9 Å². The molecule has 1 saturated heterocycles. The minimum Gasteiger partial charge on any atom is -0.319 e. The van der Waals surface area contributed by atoms with Crippen LogP contribution in [-0.4, -0.2) is 36.1 Å². The Morgan fingerprint density at radius 3 is 2.79 bits per heavy atom. The maximum absolute atomic E-state index is 12.2. The molecule has 6 heteroatoms. The summed E-state index contributed by atoms with van der Waals surface area (Å²) in [5.74, 6) is 0. The van der Waals surface area contributed by atoms with Crippen LogP contribution in [0.2, 0.25) is 10.0 Å². The highest BCUT2D eigenvalue weighted by molar-refractivity contribution is 6.42. The van der Waals surface area contributed by atoms with E-state index in [9.17, 15) is 4.79 Å². The summed E-state index contributed by atoms with van der Waals surface area (Å²) in [5.41, 5.74) is 0.651. The largest absolute Gasteiger partial charge is 0.322 e. The number of hydrogen-bond donors (Lipinski definition) is 2. The van der Waals surface area contributed by atoms with E-state index < -0.39 is 0 Å². The van der Waals surface area contributed by atoms with Crippen LogP contribution in [0.3, 0.4) is 0 Å². The molecule has 1 aliphatic heterocycles. The predicted molar refractivity (Wildman–Crippen MR) is 79.1 cm³/mol. The molecule has 2 amide bonds. The SMILES string of the molecule is CC1CN(C(=O)Nc2ccc(Cl)c(Cl)c2)C(C)CN1. The van der Waals surface area contributed by atoms with Crippen LogP contribution < -0.4 is 10.6 Å². The highest BCUT2D eigenvalue weighted by Crippen LogP contribution is 2.25. The number of hydrogen-bond acceptors (Lipinski definition) is 2. The van der Waals surface area contributed by atoms with E-state index in [1.54, 1.807) is 18.2 Å². The average molecular weight is 302 g/mol. The quantitative estimate of drug-likeness (QED) is 0.836. The van der Waals surface area contributed by atoms with Crippen molar-refractivity contribution in [3.8, 4) is 0 Å². The van der Waals surface area contributed by atoms with Gasteiger partial charge in [0.1, 0.15) is 0 Å². The molecule has 1 aromatic rings. The molecule has 0 radical (unpaired) electrons. The number of halogens is 2. The molecule has 1 aliphatic rings. The molecule has 2 N–H and O–H groups in total. The average Bonchev–Trinajstić information content (AvgIpc) is 2.36. The minimum absolute atomic E-state index is 0.112. The lowest BCUT2D eigenvalue weighted by Crippen LogP contribution is -2.57. The van der Waals surface area contributed by atoms with Crippen molar-refractivity contribution in [2.75, 3.05) is 18.4 Å². The van der Waals surface area contributed by atoms with Gasteiger partial charge in [-0.25, -0.2) is 4.79 Å². The van der Waals surface area contributed by atoms with Crippen LogP contribution >= 0.6 is 23.2 Å². The Morgan fingerprint density at radius 2 is 2.11 bits per heavy atom. The number of amides is 2. The Morgan fingerprint density at radius 1 is 1.37 bits per heavy atom. The van der Waals surface area contributed by atoms with Crippen molar-refractivity contribution in [1.82, 2.24) is 10.2 Å². The molecule has 104 valence electrons. The van der Waals surface area contributed by atoms with Gasteiger partial charge in [-0.2, -0.15) is 0 Å². The molecule has 2 unspecified atom stereocenters. The van der Waals surface area contributed by atoms with Crippen LogP contribution in [0.1, 0.15) is 13.8 Å². The molecule has 2 atom stereocenters. The maximum Gasteiger partial charge on any atom is 0.322 e. The van der Waals surface area contributed by atoms with Gasteiger partial charge in [0, 0.05) is 30.9 Å². The normalized spacial score (nSPS) is 23.3. The van der Waals surface area contributed by atoms with E-state index >= 15 is 0 Å². The fraction of sp³-hybridized carbons (Fsp3) is 0.462. The Labute approximate surface area is 123 Å². The molecular weight excluding hydrogens is 285 g/mol. The van der Waals surface area contributed by atoms with E-state index in [-0.39, 0.29) is 12.1 Å². The Kier molecular flexibility index (Phi) is 4.55. The molecule has 2 rings (SSSR count). The number of urea groups is 1. The van der Waals surface area contributed by atoms with Gasteiger partial charge in [0.15, 0.2) is 0 Å². The number of carbonyl (C=O) groups excluding carboxylic acids is 1. The molecule has 1 fully saturated rings. The van der Waals surface area contributed by atoms with Crippen molar-refractivity contribution in [2.45, 2.75) is 25.9 Å². The first-order chi connectivity index (χ1) is 8.97. The highest BCUT2D eigenvalue weighted by Gasteiger charge is 2.26. The summed E-state index contributed by atoms with van der Waals surface area (Å²) in [6.45, 7) is 5.57. The van der Waals surface area contributed by atoms with Crippen molar-refractivity contribution in [1.29, 1.82) is 0 Å². The topological polar surface area (TPSA) is 44.4 Å². The van der Waals surface area contributed by atoms with Gasteiger partial charge in [-0.3, -0.25) is 0 Å². The van der Waals surface area contributed by atoms with E-state index in [0.29, 0.717) is 28.3 Å². The summed E-state index contributed by atoms with van der Waals surface area (Å²) in [6.07, 6.45) is 0. The molecule has 0 aromatic heterocycles. The molecule has 0 saturated carbocycles. The Hall–Kier alpha value is -0.970. The molecule has 0 spiro atoms. The van der Waals surface area contributed by atoms with Gasteiger partial charge in [0.05, 0.1) is 10.0 Å². The van der Waals surface area contributed by atoms with Crippen molar-refractivity contribution in [3.05, 3.63) is 28.2 Å². The van der Waals surface area contributed by atoms with Gasteiger partial charge < -0.3 is 15.5 Å². The van der Waals surface area contributed by atoms with Crippen LogP contribution in [0.4, 0.5) is 10.5 Å². The third-order valence-corrected chi connectivity index (χ3v) is 3.94. The van der Waals surface area contributed by atoms with Gasteiger partial charge in [-0.05, 0) is 32.0 Å². The summed E-state index contributed by atoms with van der Waals surface area (Å²) < 4.78 is 0. The van der Waals surface area contributed by atoms with Crippen LogP contribution in [0, 0.1) is 0 Å². The summed E-state index contributed by atoms with van der Waals surface area (Å²) in [7, 11) is 0. The molecule has 0 bridgehead atoms. The third kappa shape index (κ3) is 3.53. The van der Waals surface area contributed by atoms with Gasteiger partial charge in [-0.15, -0.1) is 0 Å². The van der Waals surface area contributed by atoms with Crippen molar-refractivity contribution < 1.29 is 4.79 Å². The zero-order chi connectivity index (χ0) is 14.0. The third-order valence-electron chi connectivity index (χ3n) is 3.20. The Bertz CT molecular complexity index is 481. The van der Waals surface area contributed by atoms with Gasteiger partial charge in [0.25, 0.3) is 0 Å². The summed E-state index contributed by atoms with van der Waals surface area (Å²) >= 11 is 11.8. The zero-order valence-electron chi connectivity index (χ0n) is 10.9. The van der Waals surface area contributed by atoms with Gasteiger partial charge >= 0.3 is 6.03 Å². The number of nitrogens with zero attached hydrogens (tertiary/aromatic N) is 1. The standard InChI is InChI=1S/C13H17Cl2N3O/c1-8-7-18(9(2)6-16-8)13(19)17-10-3-4-11(14)12(15)5-10/h3-5,8-9,16H,6-7H2,1-2H3,(H,17,19). The molecule has 1 aromatic carbocycles. The molecular formula is C13H17Cl2N3O. The van der Waals surface area contributed by atoms with Crippen LogP contribution in [0.5, 0.6) is 0 Å². The monoisotopic (exact) mass is 301 g/mol. The zero-order valence-corrected chi connectivity index (χ0v) is 12.4. The fourth-order valence-electron chi connectivity index (χ4n) is 2.07. The van der Waals surface area contributed by atoms with Crippen LogP contribution in [0.25, 0.3) is 0 Å². The maximum atomic E-state index is 12.2. The number of nitrogens with one attached hydrogen (secondary N) is 2. The van der Waals surface area contributed by atoms with E-state index in [4.69, 9.17) is 23.2 Å². The van der Waals surface area contributed by atoms with Gasteiger partial charge in [-0.1, -0.05) is 23.2 Å². The predicted octanol–water partition coefficient (Wildman–Crippen LogP) is 3.21. The van der Waals surface area contributed by atoms with E-state index in [1.165, 1.54) is 0 Å². The van der Waals surface area contributed by atoms with E-state index in [2.05, 4.69) is 17.6 Å². The van der Waals surface area contributed by atoms with Crippen LogP contribution in [0.15, 0.2) is 18.2 Å². The summed E-state index contributed by atoms with van der Waals surface area (Å²) in [4.78, 5) is 14.1. The second-order valence-electron chi connectivity index (χ2n) is 4.87. The second-order valence-corrected chi connectivity index (χ2v) is 5.68. The second kappa shape index (κ2) is 5.99. The highest BCUT2D eigenvalue weighted by atomic mass is 35.5. The van der Waals surface area contributed by atoms with Gasteiger partial charge in [0.2, 0.25) is 0 Å². The molecule has 19 heavy (non-hydrogen) atoms.